The maximum Gasteiger partial charge on any atom is 0.148 e. The van der Waals surface area contributed by atoms with E-state index in [2.05, 4.69) is 328 Å². The fourth-order valence-corrected chi connectivity index (χ4v) is 16.4. The molecule has 0 saturated carbocycles. The lowest BCUT2D eigenvalue weighted by Crippen LogP contribution is -2.46. The van der Waals surface area contributed by atoms with Gasteiger partial charge in [-0.2, -0.15) is 0 Å². The summed E-state index contributed by atoms with van der Waals surface area (Å²) in [7, 11) is -2.84. The van der Waals surface area contributed by atoms with Crippen molar-refractivity contribution >= 4 is 57.1 Å². The Morgan fingerprint density at radius 2 is 0.395 bits per heavy atom. The van der Waals surface area contributed by atoms with Gasteiger partial charge in [-0.25, -0.2) is 0 Å². The highest BCUT2D eigenvalue weighted by molar-refractivity contribution is 7.21. The highest BCUT2D eigenvalue weighted by Crippen LogP contribution is 2.56. The SMILES string of the molecule is C[Si]1(c2ccccc2)C(c2ccccc2)=C(c2ccc(C(=C(c3ccccc3)c3ccccc3)c3ccccc3)cc2)C(c2ccc(C(=C(c3ccccc3)c3ccccc3)c3ccccc3)cc2)=C1c1ccccc1. The molecule has 1 aliphatic rings. The molecular formula is C75H56Si. The Balaban J connectivity index is 1.13. The summed E-state index contributed by atoms with van der Waals surface area (Å²) >= 11 is 0. The molecule has 12 rings (SSSR count). The Kier molecular flexibility index (Phi) is 13.5. The molecule has 0 N–H and O–H groups in total. The molecule has 1 aliphatic heterocycles. The van der Waals surface area contributed by atoms with Gasteiger partial charge in [0.15, 0.2) is 0 Å². The van der Waals surface area contributed by atoms with Crippen molar-refractivity contribution in [3.05, 3.63) is 388 Å². The van der Waals surface area contributed by atoms with Crippen LogP contribution in [0.2, 0.25) is 6.55 Å². The fraction of sp³-hybridized carbons (Fsp3) is 0.0133. The molecule has 0 amide bonds. The predicted octanol–water partition coefficient (Wildman–Crippen LogP) is 18.3. The average Bonchev–Trinajstić information content (AvgIpc) is 3.86. The van der Waals surface area contributed by atoms with Gasteiger partial charge in [-0.3, -0.25) is 0 Å². The van der Waals surface area contributed by atoms with Crippen molar-refractivity contribution in [3.8, 4) is 0 Å². The lowest BCUT2D eigenvalue weighted by molar-refractivity contribution is 1.48. The van der Waals surface area contributed by atoms with Crippen LogP contribution in [0, 0.1) is 0 Å². The molecule has 1 heteroatoms. The molecule has 11 aromatic carbocycles. The van der Waals surface area contributed by atoms with Crippen molar-refractivity contribution in [2.24, 2.45) is 0 Å². The second-order valence-electron chi connectivity index (χ2n) is 19.6. The average molecular weight is 985 g/mol. The molecule has 0 fully saturated rings. The minimum atomic E-state index is -2.84. The highest BCUT2D eigenvalue weighted by atomic mass is 28.3. The number of benzene rings is 11. The van der Waals surface area contributed by atoms with Crippen LogP contribution in [-0.4, -0.2) is 8.07 Å². The molecule has 0 saturated heterocycles. The zero-order valence-corrected chi connectivity index (χ0v) is 43.6. The molecule has 1 heterocycles. The van der Waals surface area contributed by atoms with Crippen LogP contribution in [0.25, 0.3) is 43.8 Å². The summed E-state index contributed by atoms with van der Waals surface area (Å²) in [5.41, 5.74) is 21.6. The molecular weight excluding hydrogens is 929 g/mol. The molecule has 0 bridgehead atoms. The summed E-state index contributed by atoms with van der Waals surface area (Å²) in [4.78, 5) is 0. The zero-order chi connectivity index (χ0) is 51.1. The normalized spacial score (nSPS) is 12.8. The van der Waals surface area contributed by atoms with Crippen molar-refractivity contribution in [2.75, 3.05) is 0 Å². The molecule has 0 atom stereocenters. The molecule has 0 nitrogen and oxygen atoms in total. The lowest BCUT2D eigenvalue weighted by atomic mass is 9.83. The summed E-state index contributed by atoms with van der Waals surface area (Å²) in [5, 5.41) is 4.21. The van der Waals surface area contributed by atoms with E-state index < -0.39 is 8.07 Å². The van der Waals surface area contributed by atoms with Crippen molar-refractivity contribution in [1.82, 2.24) is 0 Å². The van der Waals surface area contributed by atoms with Crippen LogP contribution in [-0.2, 0) is 0 Å². The van der Waals surface area contributed by atoms with Gasteiger partial charge in [-0.05, 0) is 116 Å². The minimum absolute atomic E-state index is 1.16. The number of rotatable bonds is 13. The fourth-order valence-electron chi connectivity index (χ4n) is 11.6. The Labute approximate surface area is 449 Å². The second-order valence-corrected chi connectivity index (χ2v) is 23.4. The van der Waals surface area contributed by atoms with Gasteiger partial charge in [0.1, 0.15) is 8.07 Å². The first kappa shape index (κ1) is 47.6. The van der Waals surface area contributed by atoms with Crippen LogP contribution in [0.3, 0.4) is 0 Å². The smallest absolute Gasteiger partial charge is 0.0624 e. The Hall–Kier alpha value is -9.40. The highest BCUT2D eigenvalue weighted by Gasteiger charge is 2.48. The van der Waals surface area contributed by atoms with E-state index in [0.717, 1.165) is 11.1 Å². The second kappa shape index (κ2) is 21.6. The van der Waals surface area contributed by atoms with Crippen molar-refractivity contribution in [3.63, 3.8) is 0 Å². The Bertz CT molecular complexity index is 3540. The van der Waals surface area contributed by atoms with Crippen LogP contribution >= 0.6 is 0 Å². The van der Waals surface area contributed by atoms with Gasteiger partial charge in [0.05, 0.1) is 0 Å². The van der Waals surface area contributed by atoms with Gasteiger partial charge < -0.3 is 0 Å². The van der Waals surface area contributed by atoms with Gasteiger partial charge in [-0.15, -0.1) is 0 Å². The van der Waals surface area contributed by atoms with E-state index in [9.17, 15) is 0 Å². The Morgan fingerprint density at radius 3 is 0.632 bits per heavy atom. The quantitative estimate of drug-likeness (QED) is 0.0798. The van der Waals surface area contributed by atoms with Gasteiger partial charge in [0, 0.05) is 0 Å². The molecule has 0 aromatic heterocycles. The van der Waals surface area contributed by atoms with Crippen molar-refractivity contribution < 1.29 is 0 Å². The van der Waals surface area contributed by atoms with Crippen LogP contribution in [0.4, 0.5) is 0 Å². The predicted molar refractivity (Wildman–Crippen MR) is 326 cm³/mol. The van der Waals surface area contributed by atoms with Gasteiger partial charge in [0.25, 0.3) is 0 Å². The maximum absolute atomic E-state index is 2.84. The third-order valence-corrected chi connectivity index (χ3v) is 19.6. The first-order valence-corrected chi connectivity index (χ1v) is 28.8. The molecule has 0 radical (unpaired) electrons. The van der Waals surface area contributed by atoms with E-state index >= 15 is 0 Å². The van der Waals surface area contributed by atoms with E-state index in [1.165, 1.54) is 105 Å². The summed E-state index contributed by atoms with van der Waals surface area (Å²) < 4.78 is 0. The summed E-state index contributed by atoms with van der Waals surface area (Å²) in [6.07, 6.45) is 0. The van der Waals surface area contributed by atoms with Crippen LogP contribution < -0.4 is 5.19 Å². The monoisotopic (exact) mass is 984 g/mol. The summed E-state index contributed by atoms with van der Waals surface area (Å²) in [5.74, 6) is 0. The topological polar surface area (TPSA) is 0 Å². The standard InChI is InChI=1S/C75H56Si/c1-76(67-45-27-10-28-46-67)74(65-41-23-8-24-42-65)72(63-51-47-61(48-52-63)70(59-37-19-6-20-38-59)68(55-29-11-2-12-30-55)56-31-13-3-14-32-56)73(75(76)66-43-25-9-26-44-66)64-53-49-62(50-54-64)71(60-39-21-7-22-40-60)69(57-33-15-4-16-34-57)58-35-17-5-18-36-58/h2-54H,1H3. The molecule has 76 heavy (non-hydrogen) atoms. The van der Waals surface area contributed by atoms with Crippen molar-refractivity contribution in [1.29, 1.82) is 0 Å². The van der Waals surface area contributed by atoms with Crippen LogP contribution in [0.15, 0.2) is 322 Å². The van der Waals surface area contributed by atoms with Crippen LogP contribution in [0.1, 0.15) is 66.8 Å². The first-order valence-electron chi connectivity index (χ1n) is 26.3. The van der Waals surface area contributed by atoms with Crippen LogP contribution in [0.5, 0.6) is 0 Å². The van der Waals surface area contributed by atoms with E-state index in [-0.39, 0.29) is 0 Å². The molecule has 0 unspecified atom stereocenters. The molecule has 360 valence electrons. The van der Waals surface area contributed by atoms with Gasteiger partial charge >= 0.3 is 0 Å². The molecule has 0 spiro atoms. The first-order chi connectivity index (χ1) is 37.6. The zero-order valence-electron chi connectivity index (χ0n) is 42.6. The largest absolute Gasteiger partial charge is 0.148 e. The summed E-state index contributed by atoms with van der Waals surface area (Å²) in [6.45, 7) is 2.59. The van der Waals surface area contributed by atoms with Gasteiger partial charge in [-0.1, -0.05) is 328 Å². The molecule has 11 aromatic rings. The third kappa shape index (κ3) is 9.19. The summed E-state index contributed by atoms with van der Waals surface area (Å²) in [6, 6.07) is 118. The lowest BCUT2D eigenvalue weighted by Gasteiger charge is -2.31. The minimum Gasteiger partial charge on any atom is -0.0624 e. The molecule has 0 aliphatic carbocycles. The Morgan fingerprint density at radius 1 is 0.197 bits per heavy atom. The van der Waals surface area contributed by atoms with Gasteiger partial charge in [0.2, 0.25) is 0 Å². The maximum atomic E-state index is 2.59. The number of allylic oxidation sites excluding steroid dienone is 2. The van der Waals surface area contributed by atoms with E-state index in [0.29, 0.717) is 0 Å². The van der Waals surface area contributed by atoms with Crippen molar-refractivity contribution in [2.45, 2.75) is 6.55 Å². The number of hydrogen-bond acceptors (Lipinski definition) is 0. The van der Waals surface area contributed by atoms with E-state index in [1.54, 1.807) is 0 Å². The van der Waals surface area contributed by atoms with E-state index in [1.807, 2.05) is 0 Å². The third-order valence-electron chi connectivity index (χ3n) is 15.0. The van der Waals surface area contributed by atoms with E-state index in [4.69, 9.17) is 0 Å². The number of hydrogen-bond donors (Lipinski definition) is 0.